The van der Waals surface area contributed by atoms with E-state index in [2.05, 4.69) is 0 Å². The third-order valence-electron chi connectivity index (χ3n) is 3.20. The maximum atomic E-state index is 12.3. The van der Waals surface area contributed by atoms with Gasteiger partial charge in [0.05, 0.1) is 11.5 Å². The summed E-state index contributed by atoms with van der Waals surface area (Å²) in [5.41, 5.74) is 1.25. The number of hydrogen-bond donors (Lipinski definition) is 0. The van der Waals surface area contributed by atoms with Gasteiger partial charge >= 0.3 is 0 Å². The van der Waals surface area contributed by atoms with Crippen molar-refractivity contribution in [1.82, 2.24) is 0 Å². The molecule has 3 aromatic rings. The largest absolute Gasteiger partial charge is 0.491 e. The van der Waals surface area contributed by atoms with Crippen molar-refractivity contribution in [2.24, 2.45) is 0 Å². The van der Waals surface area contributed by atoms with Gasteiger partial charge in [-0.1, -0.05) is 11.6 Å². The Morgan fingerprint density at radius 2 is 1.77 bits per heavy atom. The van der Waals surface area contributed by atoms with Gasteiger partial charge in [0.15, 0.2) is 5.43 Å². The Morgan fingerprint density at radius 1 is 1.05 bits per heavy atom. The van der Waals surface area contributed by atoms with E-state index in [4.69, 9.17) is 20.8 Å². The molecule has 0 saturated heterocycles. The van der Waals surface area contributed by atoms with Gasteiger partial charge in [-0.2, -0.15) is 0 Å². The van der Waals surface area contributed by atoms with Gasteiger partial charge in [0, 0.05) is 16.7 Å². The van der Waals surface area contributed by atoms with Crippen LogP contribution in [-0.4, -0.2) is 6.10 Å². The predicted molar refractivity (Wildman–Crippen MR) is 88.7 cm³/mol. The zero-order valence-electron chi connectivity index (χ0n) is 12.3. The van der Waals surface area contributed by atoms with E-state index >= 15 is 0 Å². The Labute approximate surface area is 133 Å². The van der Waals surface area contributed by atoms with Crippen LogP contribution in [0.5, 0.6) is 5.75 Å². The summed E-state index contributed by atoms with van der Waals surface area (Å²) in [4.78, 5) is 12.3. The van der Waals surface area contributed by atoms with Gasteiger partial charge in [-0.3, -0.25) is 4.79 Å². The van der Waals surface area contributed by atoms with Crippen LogP contribution >= 0.6 is 11.6 Å². The van der Waals surface area contributed by atoms with Crippen LogP contribution in [0.25, 0.3) is 22.3 Å². The van der Waals surface area contributed by atoms with Gasteiger partial charge in [0.2, 0.25) is 0 Å². The minimum atomic E-state index is -0.0968. The molecule has 0 amide bonds. The van der Waals surface area contributed by atoms with Gasteiger partial charge in [-0.25, -0.2) is 0 Å². The van der Waals surface area contributed by atoms with Crippen LogP contribution in [-0.2, 0) is 0 Å². The maximum absolute atomic E-state index is 12.3. The van der Waals surface area contributed by atoms with Crippen molar-refractivity contribution in [1.29, 1.82) is 0 Å². The van der Waals surface area contributed by atoms with Crippen LogP contribution in [0.15, 0.2) is 57.7 Å². The summed E-state index contributed by atoms with van der Waals surface area (Å²) in [7, 11) is 0. The van der Waals surface area contributed by atoms with Crippen molar-refractivity contribution < 1.29 is 9.15 Å². The second-order valence-electron chi connectivity index (χ2n) is 5.31. The number of hydrogen-bond acceptors (Lipinski definition) is 3. The topological polar surface area (TPSA) is 39.4 Å². The molecule has 0 atom stereocenters. The molecule has 0 aliphatic carbocycles. The van der Waals surface area contributed by atoms with Gasteiger partial charge in [-0.15, -0.1) is 0 Å². The van der Waals surface area contributed by atoms with E-state index in [1.54, 1.807) is 30.3 Å². The molecular formula is C18H15ClO3. The van der Waals surface area contributed by atoms with Gasteiger partial charge < -0.3 is 9.15 Å². The lowest BCUT2D eigenvalue weighted by Gasteiger charge is -2.10. The van der Waals surface area contributed by atoms with Gasteiger partial charge in [0.1, 0.15) is 17.1 Å². The number of fused-ring (bicyclic) bond motifs is 1. The maximum Gasteiger partial charge on any atom is 0.193 e. The Morgan fingerprint density at radius 3 is 2.45 bits per heavy atom. The van der Waals surface area contributed by atoms with Crippen LogP contribution < -0.4 is 10.2 Å². The van der Waals surface area contributed by atoms with E-state index in [0.717, 1.165) is 5.56 Å². The second kappa shape index (κ2) is 5.85. The molecule has 112 valence electrons. The summed E-state index contributed by atoms with van der Waals surface area (Å²) in [6, 6.07) is 13.9. The first-order chi connectivity index (χ1) is 10.5. The highest BCUT2D eigenvalue weighted by molar-refractivity contribution is 6.30. The second-order valence-corrected chi connectivity index (χ2v) is 5.74. The van der Waals surface area contributed by atoms with E-state index in [0.29, 0.717) is 27.5 Å². The van der Waals surface area contributed by atoms with Crippen LogP contribution in [0.1, 0.15) is 13.8 Å². The fraction of sp³-hybridized carbons (Fsp3) is 0.167. The standard InChI is InChI=1S/C18H15ClO3/c1-11(2)21-14-7-8-17-15(9-14)16(20)10-18(22-17)12-3-5-13(19)6-4-12/h3-11H,1-2H3. The van der Waals surface area contributed by atoms with Crippen molar-refractivity contribution in [3.8, 4) is 17.1 Å². The number of halogens is 1. The quantitative estimate of drug-likeness (QED) is 0.690. The highest BCUT2D eigenvalue weighted by Crippen LogP contribution is 2.25. The monoisotopic (exact) mass is 314 g/mol. The van der Waals surface area contributed by atoms with Crippen LogP contribution in [0.3, 0.4) is 0 Å². The Hall–Kier alpha value is -2.26. The highest BCUT2D eigenvalue weighted by atomic mass is 35.5. The molecule has 3 nitrogen and oxygen atoms in total. The van der Waals surface area contributed by atoms with Crippen molar-refractivity contribution >= 4 is 22.6 Å². The number of benzene rings is 2. The minimum Gasteiger partial charge on any atom is -0.491 e. The third-order valence-corrected chi connectivity index (χ3v) is 3.45. The molecule has 0 aliphatic rings. The lowest BCUT2D eigenvalue weighted by molar-refractivity contribution is 0.242. The molecule has 0 N–H and O–H groups in total. The lowest BCUT2D eigenvalue weighted by Crippen LogP contribution is -2.06. The highest BCUT2D eigenvalue weighted by Gasteiger charge is 2.09. The van der Waals surface area contributed by atoms with E-state index in [9.17, 15) is 4.79 Å². The fourth-order valence-electron chi connectivity index (χ4n) is 2.24. The van der Waals surface area contributed by atoms with E-state index in [1.165, 1.54) is 6.07 Å². The summed E-state index contributed by atoms with van der Waals surface area (Å²) in [6.07, 6.45) is 0.0535. The first-order valence-electron chi connectivity index (χ1n) is 7.03. The van der Waals surface area contributed by atoms with Crippen LogP contribution in [0.2, 0.25) is 5.02 Å². The van der Waals surface area contributed by atoms with Gasteiger partial charge in [0.25, 0.3) is 0 Å². The number of ether oxygens (including phenoxy) is 1. The molecular weight excluding hydrogens is 300 g/mol. The van der Waals surface area contributed by atoms with Crippen molar-refractivity contribution in [3.05, 3.63) is 63.8 Å². The molecule has 3 rings (SSSR count). The molecule has 0 unspecified atom stereocenters. The molecule has 0 fully saturated rings. The molecule has 0 spiro atoms. The minimum absolute atomic E-state index is 0.0535. The molecule has 22 heavy (non-hydrogen) atoms. The summed E-state index contributed by atoms with van der Waals surface area (Å²) in [5, 5.41) is 1.15. The Bertz CT molecular complexity index is 864. The number of rotatable bonds is 3. The molecule has 1 aromatic heterocycles. The lowest BCUT2D eigenvalue weighted by atomic mass is 10.1. The summed E-state index contributed by atoms with van der Waals surface area (Å²) < 4.78 is 11.4. The van der Waals surface area contributed by atoms with Crippen LogP contribution in [0.4, 0.5) is 0 Å². The first kappa shape index (κ1) is 14.7. The zero-order valence-corrected chi connectivity index (χ0v) is 13.1. The van der Waals surface area contributed by atoms with Crippen molar-refractivity contribution in [2.45, 2.75) is 20.0 Å². The van der Waals surface area contributed by atoms with E-state index in [-0.39, 0.29) is 11.5 Å². The first-order valence-corrected chi connectivity index (χ1v) is 7.41. The zero-order chi connectivity index (χ0) is 15.7. The summed E-state index contributed by atoms with van der Waals surface area (Å²) >= 11 is 5.88. The Kier molecular flexibility index (Phi) is 3.90. The Balaban J connectivity index is 2.09. The average molecular weight is 315 g/mol. The normalized spacial score (nSPS) is 11.1. The van der Waals surface area contributed by atoms with Crippen LogP contribution in [0, 0.1) is 0 Å². The SMILES string of the molecule is CC(C)Oc1ccc2oc(-c3ccc(Cl)cc3)cc(=O)c2c1. The smallest absolute Gasteiger partial charge is 0.193 e. The molecule has 4 heteroatoms. The predicted octanol–water partition coefficient (Wildman–Crippen LogP) is 4.90. The van der Waals surface area contributed by atoms with Gasteiger partial charge in [-0.05, 0) is 56.3 Å². The molecule has 0 radical (unpaired) electrons. The molecule has 2 aromatic carbocycles. The molecule has 0 saturated carbocycles. The van der Waals surface area contributed by atoms with E-state index < -0.39 is 0 Å². The summed E-state index contributed by atoms with van der Waals surface area (Å²) in [6.45, 7) is 3.88. The van der Waals surface area contributed by atoms with Crippen molar-refractivity contribution in [2.75, 3.05) is 0 Å². The molecule has 1 heterocycles. The fourth-order valence-corrected chi connectivity index (χ4v) is 2.36. The van der Waals surface area contributed by atoms with Crippen molar-refractivity contribution in [3.63, 3.8) is 0 Å². The summed E-state index contributed by atoms with van der Waals surface area (Å²) in [5.74, 6) is 1.18. The van der Waals surface area contributed by atoms with E-state index in [1.807, 2.05) is 26.0 Å². The molecule has 0 aliphatic heterocycles. The molecule has 0 bridgehead atoms. The average Bonchev–Trinajstić information content (AvgIpc) is 2.48. The third kappa shape index (κ3) is 3.00.